The quantitative estimate of drug-likeness (QED) is 0.229. The molecule has 0 saturated heterocycles. The maximum absolute atomic E-state index is 13.6. The summed E-state index contributed by atoms with van der Waals surface area (Å²) in [5.41, 5.74) is 0.0855. The largest absolute Gasteiger partial charge is 0.416 e. The Morgan fingerprint density at radius 3 is 2.31 bits per heavy atom. The molecule has 0 fully saturated rings. The Hall–Kier alpha value is -4.02. The molecule has 7 nitrogen and oxygen atoms in total. The van der Waals surface area contributed by atoms with Crippen LogP contribution in [0.1, 0.15) is 43.2 Å². The van der Waals surface area contributed by atoms with Gasteiger partial charge in [0.1, 0.15) is 5.82 Å². The normalized spacial score (nSPS) is 11.3. The number of Topliss-reactive ketones (excluding diaryl/α,β-unsaturated/α-hetero) is 1. The van der Waals surface area contributed by atoms with Gasteiger partial charge in [-0.25, -0.2) is 9.07 Å². The number of hydrogen-bond donors (Lipinski definition) is 2. The Kier molecular flexibility index (Phi) is 7.37. The van der Waals surface area contributed by atoms with E-state index >= 15 is 0 Å². The van der Waals surface area contributed by atoms with Gasteiger partial charge in [-0.2, -0.15) is 18.3 Å². The van der Waals surface area contributed by atoms with Crippen molar-refractivity contribution < 1.29 is 31.9 Å². The SMILES string of the molecule is Cc1ccc(C(=O)NCCNC(=O)C(=O)c2c(C)nn(-c3cccc(C(F)(F)F)c3)c2C)cc1F. The van der Waals surface area contributed by atoms with E-state index in [-0.39, 0.29) is 41.3 Å². The molecular weight excluding hydrogens is 468 g/mol. The molecule has 184 valence electrons. The predicted octanol–water partition coefficient (Wildman–Crippen LogP) is 3.68. The van der Waals surface area contributed by atoms with Gasteiger partial charge in [0.2, 0.25) is 0 Å². The van der Waals surface area contributed by atoms with E-state index in [2.05, 4.69) is 15.7 Å². The van der Waals surface area contributed by atoms with Crippen molar-refractivity contribution in [2.75, 3.05) is 13.1 Å². The molecule has 1 aromatic heterocycles. The first kappa shape index (κ1) is 25.6. The summed E-state index contributed by atoms with van der Waals surface area (Å²) >= 11 is 0. The van der Waals surface area contributed by atoms with Crippen molar-refractivity contribution >= 4 is 17.6 Å². The second-order valence-electron chi connectivity index (χ2n) is 7.81. The predicted molar refractivity (Wildman–Crippen MR) is 119 cm³/mol. The summed E-state index contributed by atoms with van der Waals surface area (Å²) in [6, 6.07) is 8.48. The van der Waals surface area contributed by atoms with Gasteiger partial charge in [-0.15, -0.1) is 0 Å². The van der Waals surface area contributed by atoms with E-state index in [1.807, 2.05) is 0 Å². The number of aryl methyl sites for hydroxylation is 2. The number of aromatic nitrogens is 2. The molecule has 0 aliphatic rings. The zero-order valence-electron chi connectivity index (χ0n) is 19.1. The van der Waals surface area contributed by atoms with Gasteiger partial charge in [-0.3, -0.25) is 14.4 Å². The van der Waals surface area contributed by atoms with Crippen molar-refractivity contribution in [3.63, 3.8) is 0 Å². The minimum atomic E-state index is -4.55. The first-order chi connectivity index (χ1) is 16.4. The number of nitrogens with one attached hydrogen (secondary N) is 2. The van der Waals surface area contributed by atoms with Crippen LogP contribution in [0.4, 0.5) is 17.6 Å². The first-order valence-corrected chi connectivity index (χ1v) is 10.5. The molecule has 0 saturated carbocycles. The summed E-state index contributed by atoms with van der Waals surface area (Å²) in [5, 5.41) is 9.02. The zero-order valence-corrected chi connectivity index (χ0v) is 19.1. The van der Waals surface area contributed by atoms with Gasteiger partial charge in [-0.05, 0) is 56.7 Å². The lowest BCUT2D eigenvalue weighted by atomic mass is 10.1. The van der Waals surface area contributed by atoms with Crippen LogP contribution in [0, 0.1) is 26.6 Å². The van der Waals surface area contributed by atoms with Crippen molar-refractivity contribution in [1.82, 2.24) is 20.4 Å². The molecule has 0 aliphatic carbocycles. The second kappa shape index (κ2) is 10.1. The molecule has 0 bridgehead atoms. The summed E-state index contributed by atoms with van der Waals surface area (Å²) in [6.45, 7) is 4.41. The smallest absolute Gasteiger partial charge is 0.350 e. The summed E-state index contributed by atoms with van der Waals surface area (Å²) in [4.78, 5) is 37.2. The van der Waals surface area contributed by atoms with Crippen LogP contribution >= 0.6 is 0 Å². The fourth-order valence-corrected chi connectivity index (χ4v) is 3.42. The molecule has 0 aliphatic heterocycles. The average Bonchev–Trinajstić information content (AvgIpc) is 3.11. The number of carbonyl (C=O) groups excluding carboxylic acids is 3. The molecule has 3 rings (SSSR count). The molecule has 1 heterocycles. The Bertz CT molecular complexity index is 1300. The number of alkyl halides is 3. The van der Waals surface area contributed by atoms with Crippen LogP contribution in [0.5, 0.6) is 0 Å². The van der Waals surface area contributed by atoms with Gasteiger partial charge < -0.3 is 10.6 Å². The number of halogens is 4. The van der Waals surface area contributed by atoms with Gasteiger partial charge in [0.25, 0.3) is 17.6 Å². The third kappa shape index (κ3) is 5.73. The number of hydrogen-bond acceptors (Lipinski definition) is 4. The molecule has 0 spiro atoms. The van der Waals surface area contributed by atoms with Crippen molar-refractivity contribution in [3.05, 3.63) is 81.9 Å². The first-order valence-electron chi connectivity index (χ1n) is 10.5. The standard InChI is InChI=1S/C24H22F4N4O3/c1-13-7-8-16(11-19(13)25)22(34)29-9-10-30-23(35)21(33)20-14(2)31-32(15(20)3)18-6-4-5-17(12-18)24(26,27)28/h4-8,11-12H,9-10H2,1-3H3,(H,29,34)(H,30,35). The lowest BCUT2D eigenvalue weighted by Gasteiger charge is -2.10. The summed E-state index contributed by atoms with van der Waals surface area (Å²) in [5.74, 6) is -2.94. The molecule has 0 unspecified atom stereocenters. The highest BCUT2D eigenvalue weighted by Gasteiger charge is 2.31. The summed E-state index contributed by atoms with van der Waals surface area (Å²) in [6.07, 6.45) is -4.55. The topological polar surface area (TPSA) is 93.1 Å². The van der Waals surface area contributed by atoms with E-state index in [9.17, 15) is 31.9 Å². The van der Waals surface area contributed by atoms with E-state index in [1.54, 1.807) is 6.92 Å². The number of benzene rings is 2. The molecule has 3 aromatic rings. The number of amides is 2. The lowest BCUT2D eigenvalue weighted by Crippen LogP contribution is -2.38. The third-order valence-corrected chi connectivity index (χ3v) is 5.27. The van der Waals surface area contributed by atoms with Crippen molar-refractivity contribution in [2.45, 2.75) is 26.9 Å². The second-order valence-corrected chi connectivity index (χ2v) is 7.81. The Morgan fingerprint density at radius 1 is 0.971 bits per heavy atom. The molecule has 35 heavy (non-hydrogen) atoms. The highest BCUT2D eigenvalue weighted by Crippen LogP contribution is 2.31. The summed E-state index contributed by atoms with van der Waals surface area (Å²) < 4.78 is 53.9. The molecule has 11 heteroatoms. The van der Waals surface area contributed by atoms with Crippen LogP contribution in [0.2, 0.25) is 0 Å². The van der Waals surface area contributed by atoms with Crippen LogP contribution in [0.15, 0.2) is 42.5 Å². The lowest BCUT2D eigenvalue weighted by molar-refractivity contribution is -0.137. The van der Waals surface area contributed by atoms with Gasteiger partial charge in [0, 0.05) is 18.7 Å². The van der Waals surface area contributed by atoms with Crippen LogP contribution in [0.25, 0.3) is 5.69 Å². The fourth-order valence-electron chi connectivity index (χ4n) is 3.42. The maximum Gasteiger partial charge on any atom is 0.416 e. The Morgan fingerprint density at radius 2 is 1.66 bits per heavy atom. The Balaban J connectivity index is 1.64. The number of ketones is 1. The number of nitrogens with zero attached hydrogens (tertiary/aromatic N) is 2. The van der Waals surface area contributed by atoms with E-state index in [1.165, 1.54) is 42.8 Å². The zero-order chi connectivity index (χ0) is 25.9. The summed E-state index contributed by atoms with van der Waals surface area (Å²) in [7, 11) is 0. The maximum atomic E-state index is 13.6. The van der Waals surface area contributed by atoms with Gasteiger partial charge in [0.05, 0.1) is 28.2 Å². The number of carbonyl (C=O) groups is 3. The molecular formula is C24H22F4N4O3. The van der Waals surface area contributed by atoms with Gasteiger partial charge >= 0.3 is 6.18 Å². The van der Waals surface area contributed by atoms with Crippen LogP contribution in [-0.4, -0.2) is 40.5 Å². The highest BCUT2D eigenvalue weighted by molar-refractivity contribution is 6.43. The fraction of sp³-hybridized carbons (Fsp3) is 0.250. The van der Waals surface area contributed by atoms with E-state index < -0.39 is 35.2 Å². The van der Waals surface area contributed by atoms with Crippen LogP contribution < -0.4 is 10.6 Å². The van der Waals surface area contributed by atoms with E-state index in [0.717, 1.165) is 18.2 Å². The monoisotopic (exact) mass is 490 g/mol. The molecule has 0 atom stereocenters. The van der Waals surface area contributed by atoms with Crippen molar-refractivity contribution in [3.8, 4) is 5.69 Å². The van der Waals surface area contributed by atoms with E-state index in [4.69, 9.17) is 0 Å². The average molecular weight is 490 g/mol. The Labute approximate surface area is 198 Å². The van der Waals surface area contributed by atoms with Crippen LogP contribution in [-0.2, 0) is 11.0 Å². The van der Waals surface area contributed by atoms with Gasteiger partial charge in [-0.1, -0.05) is 12.1 Å². The van der Waals surface area contributed by atoms with Crippen molar-refractivity contribution in [1.29, 1.82) is 0 Å². The molecule has 2 aromatic carbocycles. The minimum Gasteiger partial charge on any atom is -0.350 e. The van der Waals surface area contributed by atoms with E-state index in [0.29, 0.717) is 5.56 Å². The third-order valence-electron chi connectivity index (χ3n) is 5.27. The molecule has 2 amide bonds. The van der Waals surface area contributed by atoms with Gasteiger partial charge in [0.15, 0.2) is 0 Å². The molecule has 2 N–H and O–H groups in total. The molecule has 0 radical (unpaired) electrons. The minimum absolute atomic E-state index is 0.0190. The van der Waals surface area contributed by atoms with Crippen molar-refractivity contribution in [2.24, 2.45) is 0 Å². The van der Waals surface area contributed by atoms with Crippen LogP contribution in [0.3, 0.4) is 0 Å². The highest BCUT2D eigenvalue weighted by atomic mass is 19.4. The number of rotatable bonds is 7.